The Morgan fingerprint density at radius 2 is 1.72 bits per heavy atom. The van der Waals surface area contributed by atoms with E-state index in [1.54, 1.807) is 36.4 Å². The van der Waals surface area contributed by atoms with Crippen molar-refractivity contribution < 1.29 is 14.4 Å². The third kappa shape index (κ3) is 3.55. The number of imide groups is 1. The molecule has 0 aromatic heterocycles. The first-order chi connectivity index (χ1) is 12.1. The van der Waals surface area contributed by atoms with Gasteiger partial charge in [0.1, 0.15) is 0 Å². The molecular formula is C20H16N2O3. The lowest BCUT2D eigenvalue weighted by molar-refractivity contribution is -0.137. The summed E-state index contributed by atoms with van der Waals surface area (Å²) in [6.45, 7) is 3.57. The minimum atomic E-state index is -0.326. The van der Waals surface area contributed by atoms with Crippen molar-refractivity contribution in [3.05, 3.63) is 84.5 Å². The lowest BCUT2D eigenvalue weighted by atomic mass is 10.1. The summed E-state index contributed by atoms with van der Waals surface area (Å²) < 4.78 is 0. The summed E-state index contributed by atoms with van der Waals surface area (Å²) in [5, 5.41) is 2.64. The van der Waals surface area contributed by atoms with Crippen molar-refractivity contribution >= 4 is 29.0 Å². The molecule has 0 fully saturated rings. The van der Waals surface area contributed by atoms with Gasteiger partial charge >= 0.3 is 0 Å². The van der Waals surface area contributed by atoms with Gasteiger partial charge in [-0.1, -0.05) is 49.0 Å². The fraction of sp³-hybridized carbons (Fsp3) is 0.0500. The minimum absolute atomic E-state index is 0.181. The Morgan fingerprint density at radius 3 is 2.36 bits per heavy atom. The maximum absolute atomic E-state index is 12.5. The fourth-order valence-electron chi connectivity index (χ4n) is 2.55. The van der Waals surface area contributed by atoms with Crippen molar-refractivity contribution in [2.24, 2.45) is 0 Å². The predicted molar refractivity (Wildman–Crippen MR) is 95.2 cm³/mol. The zero-order chi connectivity index (χ0) is 17.8. The number of hydrogen-bond acceptors (Lipinski definition) is 3. The molecule has 124 valence electrons. The molecule has 5 heteroatoms. The Kier molecular flexibility index (Phi) is 4.57. The van der Waals surface area contributed by atoms with Crippen molar-refractivity contribution in [1.29, 1.82) is 0 Å². The van der Waals surface area contributed by atoms with Gasteiger partial charge in [-0.2, -0.15) is 0 Å². The lowest BCUT2D eigenvalue weighted by Crippen LogP contribution is -2.30. The van der Waals surface area contributed by atoms with Gasteiger partial charge in [-0.25, -0.2) is 0 Å². The molecule has 5 nitrogen and oxygen atoms in total. The largest absolute Gasteiger partial charge is 0.323 e. The first kappa shape index (κ1) is 16.4. The molecule has 25 heavy (non-hydrogen) atoms. The van der Waals surface area contributed by atoms with Crippen LogP contribution in [-0.4, -0.2) is 22.6 Å². The number of carbonyl (C=O) groups excluding carboxylic acids is 3. The highest BCUT2D eigenvalue weighted by atomic mass is 16.2. The summed E-state index contributed by atoms with van der Waals surface area (Å²) in [6, 6.07) is 16.1. The Bertz CT molecular complexity index is 868. The van der Waals surface area contributed by atoms with Crippen LogP contribution in [0.25, 0.3) is 5.57 Å². The van der Waals surface area contributed by atoms with Gasteiger partial charge in [0.15, 0.2) is 0 Å². The molecule has 1 N–H and O–H groups in total. The van der Waals surface area contributed by atoms with Crippen LogP contribution in [0, 0.1) is 0 Å². The number of hydrogen-bond donors (Lipinski definition) is 1. The molecule has 3 amide bonds. The number of amides is 3. The van der Waals surface area contributed by atoms with Crippen LogP contribution in [0.2, 0.25) is 0 Å². The standard InChI is InChI=1S/C20H16N2O3/c1-2-18(23)21-16-10-8-14(9-11-16)13-22-19(24)12-17(20(22)25)15-6-4-3-5-7-15/h2-12H,1,13H2,(H,21,23). The van der Waals surface area contributed by atoms with E-state index in [1.165, 1.54) is 17.1 Å². The highest BCUT2D eigenvalue weighted by Gasteiger charge is 2.31. The van der Waals surface area contributed by atoms with E-state index in [0.717, 1.165) is 11.1 Å². The molecular weight excluding hydrogens is 316 g/mol. The summed E-state index contributed by atoms with van der Waals surface area (Å²) in [5.74, 6) is -0.928. The van der Waals surface area contributed by atoms with Crippen molar-refractivity contribution in [2.45, 2.75) is 6.54 Å². The molecule has 1 heterocycles. The summed E-state index contributed by atoms with van der Waals surface area (Å²) in [7, 11) is 0. The van der Waals surface area contributed by atoms with Gasteiger partial charge in [-0.15, -0.1) is 0 Å². The van der Waals surface area contributed by atoms with Gasteiger partial charge in [0.2, 0.25) is 5.91 Å². The number of benzene rings is 2. The van der Waals surface area contributed by atoms with Crippen LogP contribution in [0.1, 0.15) is 11.1 Å². The summed E-state index contributed by atoms with van der Waals surface area (Å²) in [6.07, 6.45) is 2.56. The van der Waals surface area contributed by atoms with Gasteiger partial charge < -0.3 is 5.32 Å². The van der Waals surface area contributed by atoms with E-state index in [4.69, 9.17) is 0 Å². The lowest BCUT2D eigenvalue weighted by Gasteiger charge is -2.15. The number of anilines is 1. The van der Waals surface area contributed by atoms with Gasteiger partial charge in [0.25, 0.3) is 11.8 Å². The highest BCUT2D eigenvalue weighted by Crippen LogP contribution is 2.25. The average Bonchev–Trinajstić information content (AvgIpc) is 2.92. The van der Waals surface area contributed by atoms with Crippen LogP contribution in [-0.2, 0) is 20.9 Å². The second kappa shape index (κ2) is 6.97. The fourth-order valence-corrected chi connectivity index (χ4v) is 2.55. The number of carbonyl (C=O) groups is 3. The van der Waals surface area contributed by atoms with Gasteiger partial charge in [0, 0.05) is 11.8 Å². The third-order valence-corrected chi connectivity index (χ3v) is 3.84. The SMILES string of the molecule is C=CC(=O)Nc1ccc(CN2C(=O)C=C(c3ccccc3)C2=O)cc1. The second-order valence-electron chi connectivity index (χ2n) is 5.54. The molecule has 0 saturated heterocycles. The first-order valence-corrected chi connectivity index (χ1v) is 7.74. The smallest absolute Gasteiger partial charge is 0.261 e. The van der Waals surface area contributed by atoms with Crippen molar-refractivity contribution in [3.63, 3.8) is 0 Å². The van der Waals surface area contributed by atoms with Crippen LogP contribution in [0.4, 0.5) is 5.69 Å². The zero-order valence-corrected chi connectivity index (χ0v) is 13.4. The van der Waals surface area contributed by atoms with E-state index in [-0.39, 0.29) is 24.3 Å². The molecule has 0 spiro atoms. The molecule has 0 atom stereocenters. The topological polar surface area (TPSA) is 66.5 Å². The summed E-state index contributed by atoms with van der Waals surface area (Å²) >= 11 is 0. The zero-order valence-electron chi connectivity index (χ0n) is 13.4. The Labute approximate surface area is 145 Å². The van der Waals surface area contributed by atoms with Crippen LogP contribution >= 0.6 is 0 Å². The van der Waals surface area contributed by atoms with E-state index < -0.39 is 0 Å². The molecule has 0 aliphatic carbocycles. The molecule has 1 aliphatic rings. The van der Waals surface area contributed by atoms with Gasteiger partial charge in [-0.3, -0.25) is 19.3 Å². The molecule has 0 bridgehead atoms. The van der Waals surface area contributed by atoms with Crippen LogP contribution < -0.4 is 5.32 Å². The molecule has 3 rings (SSSR count). The van der Waals surface area contributed by atoms with Crippen LogP contribution in [0.5, 0.6) is 0 Å². The average molecular weight is 332 g/mol. The molecule has 1 aliphatic heterocycles. The normalized spacial score (nSPS) is 13.6. The van der Waals surface area contributed by atoms with E-state index in [0.29, 0.717) is 11.3 Å². The Morgan fingerprint density at radius 1 is 1.04 bits per heavy atom. The third-order valence-electron chi connectivity index (χ3n) is 3.84. The molecule has 2 aromatic rings. The quantitative estimate of drug-likeness (QED) is 0.676. The molecule has 0 unspecified atom stereocenters. The van der Waals surface area contributed by atoms with E-state index in [9.17, 15) is 14.4 Å². The molecule has 0 radical (unpaired) electrons. The summed E-state index contributed by atoms with van der Waals surface area (Å²) in [4.78, 5) is 37.2. The highest BCUT2D eigenvalue weighted by molar-refractivity contribution is 6.33. The predicted octanol–water partition coefficient (Wildman–Crippen LogP) is 2.76. The van der Waals surface area contributed by atoms with E-state index in [2.05, 4.69) is 11.9 Å². The minimum Gasteiger partial charge on any atom is -0.323 e. The monoisotopic (exact) mass is 332 g/mol. The van der Waals surface area contributed by atoms with Crippen LogP contribution in [0.3, 0.4) is 0 Å². The van der Waals surface area contributed by atoms with Crippen LogP contribution in [0.15, 0.2) is 73.3 Å². The van der Waals surface area contributed by atoms with E-state index in [1.807, 2.05) is 18.2 Å². The molecule has 2 aromatic carbocycles. The Balaban J connectivity index is 1.72. The molecule has 0 saturated carbocycles. The van der Waals surface area contributed by atoms with Crippen molar-refractivity contribution in [1.82, 2.24) is 4.90 Å². The van der Waals surface area contributed by atoms with Gasteiger partial charge in [0.05, 0.1) is 12.1 Å². The summed E-state index contributed by atoms with van der Waals surface area (Å²) in [5.41, 5.74) is 2.54. The van der Waals surface area contributed by atoms with E-state index >= 15 is 0 Å². The van der Waals surface area contributed by atoms with Gasteiger partial charge in [-0.05, 0) is 29.3 Å². The first-order valence-electron chi connectivity index (χ1n) is 7.74. The number of rotatable bonds is 5. The maximum Gasteiger partial charge on any atom is 0.261 e. The number of nitrogens with zero attached hydrogens (tertiary/aromatic N) is 1. The second-order valence-corrected chi connectivity index (χ2v) is 5.54. The maximum atomic E-state index is 12.5. The van der Waals surface area contributed by atoms with Crippen molar-refractivity contribution in [2.75, 3.05) is 5.32 Å². The van der Waals surface area contributed by atoms with Crippen molar-refractivity contribution in [3.8, 4) is 0 Å². The number of nitrogens with one attached hydrogen (secondary N) is 1. The Hall–Kier alpha value is -3.47.